The molecule has 0 aromatic carbocycles. The second kappa shape index (κ2) is 52.3. The minimum Gasteiger partial charge on any atom is -0.466 e. The normalized spacial score (nSPS) is 12.0. The lowest BCUT2D eigenvalue weighted by Gasteiger charge is -2.13. The quantitative estimate of drug-likeness (QED) is 0.0452. The summed E-state index contributed by atoms with van der Waals surface area (Å²) in [5.41, 5.74) is 0. The second-order valence-corrected chi connectivity index (χ2v) is 19.4. The van der Waals surface area contributed by atoms with E-state index >= 15 is 0 Å². The Morgan fingerprint density at radius 2 is 0.533 bits per heavy atom. The van der Waals surface area contributed by atoms with Crippen molar-refractivity contribution < 1.29 is 19.1 Å². The number of esters is 2. The van der Waals surface area contributed by atoms with E-state index in [2.05, 4.69) is 20.8 Å². The molecule has 1 atom stereocenters. The first-order valence-electron chi connectivity index (χ1n) is 27.9. The summed E-state index contributed by atoms with van der Waals surface area (Å²) in [5, 5.41) is 0. The molecule has 0 saturated carbocycles. The smallest absolute Gasteiger partial charge is 0.306 e. The maximum absolute atomic E-state index is 12.2. The average molecular weight is 847 g/mol. The zero-order valence-corrected chi connectivity index (χ0v) is 41.6. The van der Waals surface area contributed by atoms with Crippen molar-refractivity contribution in [2.45, 2.75) is 341 Å². The third-order valence-electron chi connectivity index (χ3n) is 13.1. The van der Waals surface area contributed by atoms with Gasteiger partial charge in [-0.3, -0.25) is 9.59 Å². The number of hydrogen-bond donors (Lipinski definition) is 0. The van der Waals surface area contributed by atoms with Gasteiger partial charge in [-0.1, -0.05) is 284 Å². The van der Waals surface area contributed by atoms with E-state index in [9.17, 15) is 9.59 Å². The number of carbonyl (C=O) groups excluding carboxylic acids is 2. The van der Waals surface area contributed by atoms with Crippen molar-refractivity contribution in [2.24, 2.45) is 0 Å². The summed E-state index contributed by atoms with van der Waals surface area (Å²) >= 11 is 0. The molecular weight excluding hydrogens is 737 g/mol. The van der Waals surface area contributed by atoms with E-state index in [1.807, 2.05) is 0 Å². The van der Waals surface area contributed by atoms with Crippen molar-refractivity contribution in [3.05, 3.63) is 0 Å². The van der Waals surface area contributed by atoms with Crippen LogP contribution in [0.15, 0.2) is 0 Å². The Morgan fingerprint density at radius 1 is 0.300 bits per heavy atom. The molecule has 0 aromatic rings. The van der Waals surface area contributed by atoms with Crippen LogP contribution in [0.1, 0.15) is 335 Å². The van der Waals surface area contributed by atoms with Gasteiger partial charge in [0.2, 0.25) is 0 Å². The summed E-state index contributed by atoms with van der Waals surface area (Å²) in [5.74, 6) is 0.0396. The van der Waals surface area contributed by atoms with E-state index in [0.29, 0.717) is 19.4 Å². The van der Waals surface area contributed by atoms with Gasteiger partial charge >= 0.3 is 11.9 Å². The molecule has 0 bridgehead atoms. The van der Waals surface area contributed by atoms with Crippen molar-refractivity contribution >= 4 is 11.9 Å². The minimum absolute atomic E-state index is 0.0181. The Labute approximate surface area is 377 Å². The summed E-state index contributed by atoms with van der Waals surface area (Å²) in [6.45, 7) is 7.27. The van der Waals surface area contributed by atoms with Crippen LogP contribution < -0.4 is 0 Å². The molecule has 0 fully saturated rings. The lowest BCUT2D eigenvalue weighted by Crippen LogP contribution is -2.14. The first kappa shape index (κ1) is 58.9. The number of carbonyl (C=O) groups is 2. The molecule has 0 radical (unpaired) electrons. The molecular formula is C56H110O4. The van der Waals surface area contributed by atoms with Gasteiger partial charge in [0.05, 0.1) is 12.7 Å². The maximum atomic E-state index is 12.2. The largest absolute Gasteiger partial charge is 0.466 e. The third-order valence-corrected chi connectivity index (χ3v) is 13.1. The summed E-state index contributed by atoms with van der Waals surface area (Å²) < 4.78 is 11.2. The SMILES string of the molecule is CCCCCCCCCCCCCCCCCC(=O)OCCCCCCCCCCCCCCCCCCCCC(C)OC(=O)CCCCCCCCCCCCCCC. The van der Waals surface area contributed by atoms with Crippen LogP contribution in [0.25, 0.3) is 0 Å². The van der Waals surface area contributed by atoms with Crippen molar-refractivity contribution in [3.8, 4) is 0 Å². The molecule has 60 heavy (non-hydrogen) atoms. The molecule has 0 heterocycles. The molecule has 4 nitrogen and oxygen atoms in total. The zero-order chi connectivity index (χ0) is 43.5. The van der Waals surface area contributed by atoms with Crippen molar-refractivity contribution in [1.29, 1.82) is 0 Å². The number of hydrogen-bond acceptors (Lipinski definition) is 4. The second-order valence-electron chi connectivity index (χ2n) is 19.4. The van der Waals surface area contributed by atoms with Crippen LogP contribution in [-0.4, -0.2) is 24.6 Å². The minimum atomic E-state index is 0.0181. The molecule has 0 amide bonds. The Morgan fingerprint density at radius 3 is 0.833 bits per heavy atom. The van der Waals surface area contributed by atoms with Gasteiger partial charge in [-0.2, -0.15) is 0 Å². The van der Waals surface area contributed by atoms with E-state index < -0.39 is 0 Å². The van der Waals surface area contributed by atoms with E-state index in [0.717, 1.165) is 25.7 Å². The monoisotopic (exact) mass is 847 g/mol. The molecule has 4 heteroatoms. The van der Waals surface area contributed by atoms with Gasteiger partial charge in [0.15, 0.2) is 0 Å². The van der Waals surface area contributed by atoms with Gasteiger partial charge in [0.1, 0.15) is 0 Å². The molecule has 0 aliphatic heterocycles. The van der Waals surface area contributed by atoms with Crippen LogP contribution in [0.2, 0.25) is 0 Å². The Balaban J connectivity index is 3.25. The lowest BCUT2D eigenvalue weighted by molar-refractivity contribution is -0.148. The molecule has 0 aromatic heterocycles. The predicted octanol–water partition coefficient (Wildman–Crippen LogP) is 19.6. The average Bonchev–Trinajstić information content (AvgIpc) is 3.24. The summed E-state index contributed by atoms with van der Waals surface area (Å²) in [4.78, 5) is 24.3. The predicted molar refractivity (Wildman–Crippen MR) is 264 cm³/mol. The van der Waals surface area contributed by atoms with Gasteiger partial charge in [-0.15, -0.1) is 0 Å². The first-order valence-corrected chi connectivity index (χ1v) is 27.9. The van der Waals surface area contributed by atoms with E-state index in [4.69, 9.17) is 9.47 Å². The van der Waals surface area contributed by atoms with Crippen molar-refractivity contribution in [3.63, 3.8) is 0 Å². The van der Waals surface area contributed by atoms with Crippen LogP contribution in [0.3, 0.4) is 0 Å². The van der Waals surface area contributed by atoms with Gasteiger partial charge in [0.25, 0.3) is 0 Å². The standard InChI is InChI=1S/C56H110O4/c1-4-6-8-10-12-14-16-18-23-28-31-35-39-43-47-51-55(57)59-53-49-45-41-37-33-29-25-22-20-19-21-24-27-30-34-38-42-46-50-54(3)60-56(58)52-48-44-40-36-32-26-17-15-13-11-9-7-5-2/h54H,4-53H2,1-3H3. The van der Waals surface area contributed by atoms with Crippen LogP contribution in [-0.2, 0) is 19.1 Å². The lowest BCUT2D eigenvalue weighted by atomic mass is 10.0. The first-order chi connectivity index (χ1) is 29.6. The summed E-state index contributed by atoms with van der Waals surface area (Å²) in [6, 6.07) is 0. The fraction of sp³-hybridized carbons (Fsp3) is 0.964. The molecule has 0 N–H and O–H groups in total. The molecule has 358 valence electrons. The van der Waals surface area contributed by atoms with Crippen LogP contribution >= 0.6 is 0 Å². The zero-order valence-electron chi connectivity index (χ0n) is 41.6. The van der Waals surface area contributed by atoms with Gasteiger partial charge in [-0.05, 0) is 39.0 Å². The van der Waals surface area contributed by atoms with Crippen molar-refractivity contribution in [2.75, 3.05) is 6.61 Å². The van der Waals surface area contributed by atoms with E-state index in [-0.39, 0.29) is 18.0 Å². The maximum Gasteiger partial charge on any atom is 0.306 e. The van der Waals surface area contributed by atoms with Gasteiger partial charge in [-0.25, -0.2) is 0 Å². The van der Waals surface area contributed by atoms with Crippen LogP contribution in [0.4, 0.5) is 0 Å². The molecule has 0 aliphatic rings. The molecule has 1 unspecified atom stereocenters. The molecule has 0 saturated heterocycles. The highest BCUT2D eigenvalue weighted by atomic mass is 16.5. The number of rotatable bonds is 52. The molecule has 0 aliphatic carbocycles. The highest BCUT2D eigenvalue weighted by Gasteiger charge is 2.09. The Bertz CT molecular complexity index is 826. The van der Waals surface area contributed by atoms with Gasteiger partial charge < -0.3 is 9.47 Å². The van der Waals surface area contributed by atoms with E-state index in [1.165, 1.54) is 276 Å². The van der Waals surface area contributed by atoms with Gasteiger partial charge in [0, 0.05) is 12.8 Å². The fourth-order valence-electron chi connectivity index (χ4n) is 8.89. The number of unbranched alkanes of at least 4 members (excludes halogenated alkanes) is 43. The highest BCUT2D eigenvalue weighted by molar-refractivity contribution is 5.69. The number of ether oxygens (including phenoxy) is 2. The fourth-order valence-corrected chi connectivity index (χ4v) is 8.89. The molecule has 0 rings (SSSR count). The Kier molecular flexibility index (Phi) is 51.4. The van der Waals surface area contributed by atoms with Crippen LogP contribution in [0.5, 0.6) is 0 Å². The van der Waals surface area contributed by atoms with E-state index in [1.54, 1.807) is 0 Å². The van der Waals surface area contributed by atoms with Crippen molar-refractivity contribution in [1.82, 2.24) is 0 Å². The summed E-state index contributed by atoms with van der Waals surface area (Å²) in [7, 11) is 0. The summed E-state index contributed by atoms with van der Waals surface area (Å²) in [6.07, 6.45) is 63.9. The van der Waals surface area contributed by atoms with Crippen LogP contribution in [0, 0.1) is 0 Å². The Hall–Kier alpha value is -1.06. The highest BCUT2D eigenvalue weighted by Crippen LogP contribution is 2.18. The third kappa shape index (κ3) is 51.3. The molecule has 0 spiro atoms. The topological polar surface area (TPSA) is 52.6 Å².